The molecule has 0 unspecified atom stereocenters. The van der Waals surface area contributed by atoms with Gasteiger partial charge >= 0.3 is 0 Å². The molecule has 0 aliphatic rings. The van der Waals surface area contributed by atoms with Crippen LogP contribution in [0.1, 0.15) is 0 Å². The SMILES string of the molecule is NS(=O)(=O)c1ccn(-c2cccnc2)n1. The van der Waals surface area contributed by atoms with Gasteiger partial charge in [0.25, 0.3) is 10.0 Å². The highest BCUT2D eigenvalue weighted by molar-refractivity contribution is 7.89. The van der Waals surface area contributed by atoms with Crippen molar-refractivity contribution in [1.29, 1.82) is 0 Å². The van der Waals surface area contributed by atoms with Crippen molar-refractivity contribution in [2.24, 2.45) is 5.14 Å². The Morgan fingerprint density at radius 1 is 1.33 bits per heavy atom. The summed E-state index contributed by atoms with van der Waals surface area (Å²) in [4.78, 5) is 3.89. The first-order chi connectivity index (χ1) is 7.07. The first-order valence-corrected chi connectivity index (χ1v) is 5.61. The molecule has 0 amide bonds. The van der Waals surface area contributed by atoms with Gasteiger partial charge in [-0.2, -0.15) is 5.10 Å². The summed E-state index contributed by atoms with van der Waals surface area (Å²) in [5.41, 5.74) is 0.674. The quantitative estimate of drug-likeness (QED) is 0.772. The number of pyridine rings is 1. The molecule has 2 aromatic rings. The second-order valence-electron chi connectivity index (χ2n) is 2.85. The van der Waals surface area contributed by atoms with Crippen LogP contribution in [0, 0.1) is 0 Å². The number of hydrogen-bond donors (Lipinski definition) is 1. The largest absolute Gasteiger partial charge is 0.262 e. The van der Waals surface area contributed by atoms with E-state index in [2.05, 4.69) is 10.1 Å². The molecular formula is C8H8N4O2S. The molecule has 0 saturated carbocycles. The van der Waals surface area contributed by atoms with Gasteiger partial charge in [-0.15, -0.1) is 0 Å². The summed E-state index contributed by atoms with van der Waals surface area (Å²) < 4.78 is 23.3. The number of rotatable bonds is 2. The van der Waals surface area contributed by atoms with Crippen LogP contribution < -0.4 is 5.14 Å². The zero-order valence-corrected chi connectivity index (χ0v) is 8.42. The predicted molar refractivity (Wildman–Crippen MR) is 52.7 cm³/mol. The zero-order chi connectivity index (χ0) is 10.9. The van der Waals surface area contributed by atoms with Crippen LogP contribution in [0.15, 0.2) is 41.8 Å². The van der Waals surface area contributed by atoms with E-state index in [1.54, 1.807) is 24.5 Å². The van der Waals surface area contributed by atoms with Gasteiger partial charge in [-0.3, -0.25) is 4.98 Å². The number of nitrogens with zero attached hydrogens (tertiary/aromatic N) is 3. The molecule has 2 aromatic heterocycles. The molecule has 0 bridgehead atoms. The molecule has 0 atom stereocenters. The molecule has 7 heteroatoms. The van der Waals surface area contributed by atoms with Crippen molar-refractivity contribution in [3.05, 3.63) is 36.8 Å². The minimum absolute atomic E-state index is 0.161. The molecule has 6 nitrogen and oxygen atoms in total. The summed E-state index contributed by atoms with van der Waals surface area (Å²) in [5.74, 6) is 0. The lowest BCUT2D eigenvalue weighted by Gasteiger charge is -1.98. The lowest BCUT2D eigenvalue weighted by Crippen LogP contribution is -2.13. The Morgan fingerprint density at radius 3 is 2.67 bits per heavy atom. The van der Waals surface area contributed by atoms with Crippen molar-refractivity contribution in [2.45, 2.75) is 5.03 Å². The van der Waals surface area contributed by atoms with Crippen molar-refractivity contribution in [3.8, 4) is 5.69 Å². The van der Waals surface area contributed by atoms with Crippen molar-refractivity contribution in [2.75, 3.05) is 0 Å². The number of sulfonamides is 1. The van der Waals surface area contributed by atoms with Gasteiger partial charge in [0.05, 0.1) is 11.9 Å². The van der Waals surface area contributed by atoms with E-state index in [1.807, 2.05) is 0 Å². The Labute approximate surface area is 86.4 Å². The summed E-state index contributed by atoms with van der Waals surface area (Å²) in [6.45, 7) is 0. The van der Waals surface area contributed by atoms with Crippen LogP contribution in [0.25, 0.3) is 5.69 Å². The molecule has 0 aliphatic heterocycles. The predicted octanol–water partition coefficient (Wildman–Crippen LogP) is -0.0853. The van der Waals surface area contributed by atoms with E-state index < -0.39 is 10.0 Å². The average molecular weight is 224 g/mol. The molecule has 0 aromatic carbocycles. The maximum absolute atomic E-state index is 11.0. The second kappa shape index (κ2) is 3.44. The van der Waals surface area contributed by atoms with Gasteiger partial charge in [-0.25, -0.2) is 18.2 Å². The Kier molecular flexibility index (Phi) is 2.25. The fourth-order valence-corrected chi connectivity index (χ4v) is 1.54. The van der Waals surface area contributed by atoms with E-state index >= 15 is 0 Å². The molecule has 78 valence electrons. The first kappa shape index (κ1) is 9.81. The normalized spacial score (nSPS) is 11.5. The Hall–Kier alpha value is -1.73. The summed E-state index contributed by atoms with van der Waals surface area (Å²) in [7, 11) is -3.74. The van der Waals surface area contributed by atoms with Gasteiger partial charge < -0.3 is 0 Å². The maximum Gasteiger partial charge on any atom is 0.257 e. The molecule has 2 N–H and O–H groups in total. The van der Waals surface area contributed by atoms with Crippen molar-refractivity contribution < 1.29 is 8.42 Å². The van der Waals surface area contributed by atoms with Gasteiger partial charge in [0.15, 0.2) is 5.03 Å². The number of aromatic nitrogens is 3. The Balaban J connectivity index is 2.46. The Bertz CT molecular complexity index is 561. The van der Waals surface area contributed by atoms with Crippen LogP contribution in [0.2, 0.25) is 0 Å². The first-order valence-electron chi connectivity index (χ1n) is 4.06. The molecule has 0 aliphatic carbocycles. The van der Waals surface area contributed by atoms with Gasteiger partial charge in [0.2, 0.25) is 0 Å². The number of primary sulfonamides is 1. The number of nitrogens with two attached hydrogens (primary N) is 1. The summed E-state index contributed by atoms with van der Waals surface area (Å²) in [5, 5.41) is 8.58. The molecule has 0 spiro atoms. The fourth-order valence-electron chi connectivity index (χ4n) is 1.09. The van der Waals surface area contributed by atoms with Gasteiger partial charge in [0, 0.05) is 12.4 Å². The van der Waals surface area contributed by atoms with Crippen LogP contribution in [0.5, 0.6) is 0 Å². The van der Waals surface area contributed by atoms with Gasteiger partial charge in [-0.05, 0) is 18.2 Å². The van der Waals surface area contributed by atoms with Crippen LogP contribution in [-0.2, 0) is 10.0 Å². The molecule has 0 fully saturated rings. The summed E-state index contributed by atoms with van der Waals surface area (Å²) in [6.07, 6.45) is 4.70. The van der Waals surface area contributed by atoms with E-state index in [9.17, 15) is 8.42 Å². The summed E-state index contributed by atoms with van der Waals surface area (Å²) >= 11 is 0. The lowest BCUT2D eigenvalue weighted by atomic mass is 10.4. The van der Waals surface area contributed by atoms with Gasteiger partial charge in [-0.1, -0.05) is 0 Å². The topological polar surface area (TPSA) is 90.9 Å². The standard InChI is InChI=1S/C8H8N4O2S/c9-15(13,14)8-3-5-12(11-8)7-2-1-4-10-6-7/h1-6H,(H2,9,13,14). The molecule has 0 radical (unpaired) electrons. The van der Waals surface area contributed by atoms with Crippen LogP contribution in [0.3, 0.4) is 0 Å². The Morgan fingerprint density at radius 2 is 2.13 bits per heavy atom. The smallest absolute Gasteiger partial charge is 0.257 e. The van der Waals surface area contributed by atoms with E-state index in [0.29, 0.717) is 5.69 Å². The van der Waals surface area contributed by atoms with Crippen molar-refractivity contribution in [3.63, 3.8) is 0 Å². The van der Waals surface area contributed by atoms with Crippen LogP contribution in [0.4, 0.5) is 0 Å². The monoisotopic (exact) mass is 224 g/mol. The van der Waals surface area contributed by atoms with Crippen LogP contribution in [-0.4, -0.2) is 23.2 Å². The minimum Gasteiger partial charge on any atom is -0.262 e. The summed E-state index contributed by atoms with van der Waals surface area (Å²) in [6, 6.07) is 4.82. The third kappa shape index (κ3) is 2.03. The van der Waals surface area contributed by atoms with Crippen molar-refractivity contribution in [1.82, 2.24) is 14.8 Å². The third-order valence-corrected chi connectivity index (χ3v) is 2.57. The molecule has 2 rings (SSSR count). The highest BCUT2D eigenvalue weighted by Crippen LogP contribution is 2.07. The van der Waals surface area contributed by atoms with E-state index in [1.165, 1.54) is 16.9 Å². The second-order valence-corrected chi connectivity index (χ2v) is 4.36. The average Bonchev–Trinajstić information content (AvgIpc) is 2.67. The molecule has 2 heterocycles. The van der Waals surface area contributed by atoms with Crippen molar-refractivity contribution >= 4 is 10.0 Å². The molecular weight excluding hydrogens is 216 g/mol. The highest BCUT2D eigenvalue weighted by atomic mass is 32.2. The lowest BCUT2D eigenvalue weighted by molar-refractivity contribution is 0.592. The third-order valence-electron chi connectivity index (χ3n) is 1.77. The molecule has 15 heavy (non-hydrogen) atoms. The number of hydrogen-bond acceptors (Lipinski definition) is 4. The zero-order valence-electron chi connectivity index (χ0n) is 7.61. The van der Waals surface area contributed by atoms with E-state index in [4.69, 9.17) is 5.14 Å². The fraction of sp³-hybridized carbons (Fsp3) is 0. The van der Waals surface area contributed by atoms with Gasteiger partial charge in [0.1, 0.15) is 0 Å². The minimum atomic E-state index is -3.74. The van der Waals surface area contributed by atoms with E-state index in [0.717, 1.165) is 0 Å². The van der Waals surface area contributed by atoms with E-state index in [-0.39, 0.29) is 5.03 Å². The molecule has 0 saturated heterocycles. The van der Waals surface area contributed by atoms with Crippen LogP contribution >= 0.6 is 0 Å². The maximum atomic E-state index is 11.0. The highest BCUT2D eigenvalue weighted by Gasteiger charge is 2.11.